The van der Waals surface area contributed by atoms with Crippen molar-refractivity contribution < 1.29 is 5.11 Å². The van der Waals surface area contributed by atoms with Crippen LogP contribution >= 0.6 is 0 Å². The number of aliphatic hydroxyl groups is 1. The Hall–Kier alpha value is -0.910. The van der Waals surface area contributed by atoms with Crippen LogP contribution in [-0.4, -0.2) is 53.1 Å². The number of aliphatic hydroxyl groups excluding tert-OH is 1. The zero-order valence-corrected chi connectivity index (χ0v) is 13.9. The van der Waals surface area contributed by atoms with Gasteiger partial charge in [0.25, 0.3) is 0 Å². The maximum Gasteiger partial charge on any atom is 0.0791 e. The Morgan fingerprint density at radius 3 is 2.45 bits per heavy atom. The molecule has 0 radical (unpaired) electrons. The smallest absolute Gasteiger partial charge is 0.0791 e. The molecule has 0 fully saturated rings. The van der Waals surface area contributed by atoms with Crippen LogP contribution in [0.2, 0.25) is 0 Å². The van der Waals surface area contributed by atoms with Gasteiger partial charge in [0.05, 0.1) is 17.3 Å². The number of aromatic nitrogens is 2. The Morgan fingerprint density at radius 2 is 2.00 bits per heavy atom. The fraction of sp³-hybridized carbons (Fsp3) is 0.800. The minimum atomic E-state index is -0.356. The Kier molecular flexibility index (Phi) is 5.74. The monoisotopic (exact) mass is 282 g/mol. The van der Waals surface area contributed by atoms with Crippen LogP contribution in [0.25, 0.3) is 0 Å². The number of rotatable bonds is 6. The first-order valence-electron chi connectivity index (χ1n) is 7.24. The van der Waals surface area contributed by atoms with Crippen molar-refractivity contribution >= 4 is 0 Å². The SMILES string of the molecule is Cc1nn(C(C)(C)C)cc1C(C)NCC(O)CN(C)C. The van der Waals surface area contributed by atoms with Crippen molar-refractivity contribution in [1.29, 1.82) is 0 Å². The topological polar surface area (TPSA) is 53.3 Å². The zero-order valence-electron chi connectivity index (χ0n) is 13.9. The highest BCUT2D eigenvalue weighted by Crippen LogP contribution is 2.20. The van der Waals surface area contributed by atoms with Gasteiger partial charge >= 0.3 is 0 Å². The summed E-state index contributed by atoms with van der Waals surface area (Å²) in [5, 5.41) is 17.9. The summed E-state index contributed by atoms with van der Waals surface area (Å²) in [6, 6.07) is 0.183. The van der Waals surface area contributed by atoms with E-state index in [-0.39, 0.29) is 17.7 Å². The number of hydrogen-bond donors (Lipinski definition) is 2. The van der Waals surface area contributed by atoms with E-state index in [9.17, 15) is 5.11 Å². The van der Waals surface area contributed by atoms with Crippen molar-refractivity contribution in [2.24, 2.45) is 0 Å². The molecule has 2 unspecified atom stereocenters. The predicted molar refractivity (Wildman–Crippen MR) is 82.9 cm³/mol. The van der Waals surface area contributed by atoms with Gasteiger partial charge in [0.2, 0.25) is 0 Å². The lowest BCUT2D eigenvalue weighted by atomic mass is 10.1. The van der Waals surface area contributed by atoms with Crippen LogP contribution in [0.4, 0.5) is 0 Å². The van der Waals surface area contributed by atoms with Gasteiger partial charge in [0, 0.05) is 30.9 Å². The molecule has 1 aromatic rings. The van der Waals surface area contributed by atoms with Crippen LogP contribution in [0.5, 0.6) is 0 Å². The van der Waals surface area contributed by atoms with Crippen molar-refractivity contribution in [1.82, 2.24) is 20.0 Å². The Balaban J connectivity index is 2.64. The van der Waals surface area contributed by atoms with Crippen molar-refractivity contribution in [2.45, 2.75) is 52.3 Å². The molecule has 0 saturated carbocycles. The van der Waals surface area contributed by atoms with Gasteiger partial charge in [0.15, 0.2) is 0 Å². The standard InChI is InChI=1S/C15H30N4O/c1-11(16-8-13(20)9-18(6)7)14-10-19(15(3,4)5)17-12(14)2/h10-11,13,16,20H,8-9H2,1-7H3. The third kappa shape index (κ3) is 4.89. The average Bonchev–Trinajstić information content (AvgIpc) is 2.67. The summed E-state index contributed by atoms with van der Waals surface area (Å²) in [5.41, 5.74) is 2.23. The summed E-state index contributed by atoms with van der Waals surface area (Å²) in [7, 11) is 3.92. The third-order valence-electron chi connectivity index (χ3n) is 3.33. The van der Waals surface area contributed by atoms with E-state index in [1.807, 2.05) is 30.6 Å². The molecule has 116 valence electrons. The summed E-state index contributed by atoms with van der Waals surface area (Å²) in [6.45, 7) is 11.8. The maximum absolute atomic E-state index is 9.89. The van der Waals surface area contributed by atoms with Crippen LogP contribution in [0.1, 0.15) is 45.0 Å². The molecule has 0 saturated heterocycles. The second-order valence-corrected chi connectivity index (χ2v) is 6.83. The van der Waals surface area contributed by atoms with Gasteiger partial charge in [-0.1, -0.05) is 0 Å². The first-order valence-corrected chi connectivity index (χ1v) is 7.24. The van der Waals surface area contributed by atoms with E-state index in [0.717, 1.165) is 5.69 Å². The highest BCUT2D eigenvalue weighted by atomic mass is 16.3. The molecule has 0 aliphatic rings. The number of aryl methyl sites for hydroxylation is 1. The summed E-state index contributed by atoms with van der Waals surface area (Å²) in [4.78, 5) is 1.99. The summed E-state index contributed by atoms with van der Waals surface area (Å²) >= 11 is 0. The molecule has 2 atom stereocenters. The van der Waals surface area contributed by atoms with E-state index in [1.54, 1.807) is 0 Å². The van der Waals surface area contributed by atoms with Crippen molar-refractivity contribution in [3.8, 4) is 0 Å². The van der Waals surface area contributed by atoms with Gasteiger partial charge in [-0.3, -0.25) is 4.68 Å². The maximum atomic E-state index is 9.89. The van der Waals surface area contributed by atoms with Crippen molar-refractivity contribution in [3.63, 3.8) is 0 Å². The Labute approximate surface area is 123 Å². The molecule has 1 aromatic heterocycles. The normalized spacial score (nSPS) is 15.7. The zero-order chi connectivity index (χ0) is 15.5. The van der Waals surface area contributed by atoms with Gasteiger partial charge in [-0.25, -0.2) is 0 Å². The van der Waals surface area contributed by atoms with Gasteiger partial charge in [-0.2, -0.15) is 5.10 Å². The van der Waals surface area contributed by atoms with Gasteiger partial charge in [-0.05, 0) is 48.7 Å². The lowest BCUT2D eigenvalue weighted by Gasteiger charge is -2.20. The molecule has 1 rings (SSSR count). The minimum Gasteiger partial charge on any atom is -0.390 e. The third-order valence-corrected chi connectivity index (χ3v) is 3.33. The Morgan fingerprint density at radius 1 is 1.40 bits per heavy atom. The fourth-order valence-corrected chi connectivity index (χ4v) is 2.15. The van der Waals surface area contributed by atoms with E-state index in [4.69, 9.17) is 0 Å². The second kappa shape index (κ2) is 6.70. The van der Waals surface area contributed by atoms with E-state index in [2.05, 4.69) is 44.3 Å². The van der Waals surface area contributed by atoms with Crippen LogP contribution in [0.15, 0.2) is 6.20 Å². The summed E-state index contributed by atoms with van der Waals surface area (Å²) in [6.07, 6.45) is 1.75. The fourth-order valence-electron chi connectivity index (χ4n) is 2.15. The minimum absolute atomic E-state index is 0.00678. The molecule has 0 aliphatic heterocycles. The van der Waals surface area contributed by atoms with Crippen LogP contribution < -0.4 is 5.32 Å². The largest absolute Gasteiger partial charge is 0.390 e. The number of hydrogen-bond acceptors (Lipinski definition) is 4. The van der Waals surface area contributed by atoms with E-state index in [0.29, 0.717) is 13.1 Å². The summed E-state index contributed by atoms with van der Waals surface area (Å²) < 4.78 is 2.01. The van der Waals surface area contributed by atoms with Gasteiger partial charge in [-0.15, -0.1) is 0 Å². The number of likely N-dealkylation sites (N-methyl/N-ethyl adjacent to an activating group) is 1. The molecule has 1 heterocycles. The van der Waals surface area contributed by atoms with Crippen LogP contribution in [0.3, 0.4) is 0 Å². The number of nitrogens with zero attached hydrogens (tertiary/aromatic N) is 3. The van der Waals surface area contributed by atoms with Crippen molar-refractivity contribution in [3.05, 3.63) is 17.5 Å². The van der Waals surface area contributed by atoms with Crippen LogP contribution in [0, 0.1) is 6.92 Å². The molecule has 0 aliphatic carbocycles. The first-order chi connectivity index (χ1) is 9.11. The molecular formula is C15H30N4O. The first kappa shape index (κ1) is 17.1. The molecule has 20 heavy (non-hydrogen) atoms. The van der Waals surface area contributed by atoms with Crippen LogP contribution in [-0.2, 0) is 5.54 Å². The predicted octanol–water partition coefficient (Wildman–Crippen LogP) is 1.52. The molecule has 0 bridgehead atoms. The average molecular weight is 282 g/mol. The lowest BCUT2D eigenvalue weighted by Crippen LogP contribution is -2.36. The molecule has 5 heteroatoms. The Bertz CT molecular complexity index is 420. The van der Waals surface area contributed by atoms with E-state index < -0.39 is 0 Å². The van der Waals surface area contributed by atoms with E-state index >= 15 is 0 Å². The molecule has 0 amide bonds. The van der Waals surface area contributed by atoms with E-state index in [1.165, 1.54) is 5.56 Å². The second-order valence-electron chi connectivity index (χ2n) is 6.83. The van der Waals surface area contributed by atoms with Gasteiger partial charge < -0.3 is 15.3 Å². The highest BCUT2D eigenvalue weighted by Gasteiger charge is 2.19. The molecule has 2 N–H and O–H groups in total. The molecular weight excluding hydrogens is 252 g/mol. The summed E-state index contributed by atoms with van der Waals surface area (Å²) in [5.74, 6) is 0. The van der Waals surface area contributed by atoms with Gasteiger partial charge in [0.1, 0.15) is 0 Å². The highest BCUT2D eigenvalue weighted by molar-refractivity contribution is 5.20. The van der Waals surface area contributed by atoms with Crippen molar-refractivity contribution in [2.75, 3.05) is 27.2 Å². The number of nitrogens with one attached hydrogen (secondary N) is 1. The molecule has 0 aromatic carbocycles. The lowest BCUT2D eigenvalue weighted by molar-refractivity contribution is 0.132. The molecule has 0 spiro atoms. The quantitative estimate of drug-likeness (QED) is 0.830. The molecule has 5 nitrogen and oxygen atoms in total.